The van der Waals surface area contributed by atoms with E-state index in [1.54, 1.807) is 20.9 Å². The molecule has 3 N–H and O–H groups in total. The van der Waals surface area contributed by atoms with Crippen LogP contribution in [-0.2, 0) is 19.1 Å². The second-order valence-electron chi connectivity index (χ2n) is 8.03. The number of nitrogens with two attached hydrogens (primary N) is 1. The molecule has 164 valence electrons. The molecule has 0 fully saturated rings. The SMILES string of the molecule is CCCC(=O)N(C)[C@H](COCCN(C)C)C(=O)N(C)[C@@H](CC(C)(C)O)C(N)=O. The molecule has 0 saturated heterocycles. The van der Waals surface area contributed by atoms with Crippen LogP contribution in [0.2, 0.25) is 0 Å². The fourth-order valence-electron chi connectivity index (χ4n) is 2.65. The summed E-state index contributed by atoms with van der Waals surface area (Å²) in [4.78, 5) is 41.8. The van der Waals surface area contributed by atoms with Gasteiger partial charge in [-0.1, -0.05) is 6.92 Å². The first-order chi connectivity index (χ1) is 12.8. The maximum atomic E-state index is 13.1. The molecule has 0 saturated carbocycles. The predicted molar refractivity (Wildman–Crippen MR) is 108 cm³/mol. The van der Waals surface area contributed by atoms with Crippen LogP contribution in [0.3, 0.4) is 0 Å². The van der Waals surface area contributed by atoms with Gasteiger partial charge in [0.15, 0.2) is 0 Å². The van der Waals surface area contributed by atoms with E-state index in [0.29, 0.717) is 26.0 Å². The molecule has 9 nitrogen and oxygen atoms in total. The van der Waals surface area contributed by atoms with Crippen molar-refractivity contribution < 1.29 is 24.2 Å². The van der Waals surface area contributed by atoms with Crippen molar-refractivity contribution in [3.63, 3.8) is 0 Å². The van der Waals surface area contributed by atoms with Gasteiger partial charge in [0.1, 0.15) is 12.1 Å². The normalized spacial score (nSPS) is 13.9. The Bertz CT molecular complexity index is 519. The molecule has 0 heterocycles. The minimum absolute atomic E-state index is 0.00853. The van der Waals surface area contributed by atoms with Gasteiger partial charge in [-0.3, -0.25) is 14.4 Å². The quantitative estimate of drug-likeness (QED) is 0.407. The Morgan fingerprint density at radius 2 is 1.64 bits per heavy atom. The number of aliphatic hydroxyl groups is 1. The minimum Gasteiger partial charge on any atom is -0.390 e. The van der Waals surface area contributed by atoms with Crippen LogP contribution < -0.4 is 5.73 Å². The van der Waals surface area contributed by atoms with Crippen molar-refractivity contribution >= 4 is 17.7 Å². The zero-order valence-corrected chi connectivity index (χ0v) is 18.4. The smallest absolute Gasteiger partial charge is 0.248 e. The van der Waals surface area contributed by atoms with Crippen LogP contribution in [0.4, 0.5) is 0 Å². The third-order valence-electron chi connectivity index (χ3n) is 4.40. The highest BCUT2D eigenvalue weighted by atomic mass is 16.5. The summed E-state index contributed by atoms with van der Waals surface area (Å²) in [6.45, 7) is 6.05. The number of hydrogen-bond donors (Lipinski definition) is 2. The summed E-state index contributed by atoms with van der Waals surface area (Å²) in [6, 6.07) is -1.87. The molecule has 0 aliphatic rings. The number of carbonyl (C=O) groups excluding carboxylic acids is 3. The molecule has 0 aromatic rings. The van der Waals surface area contributed by atoms with Crippen molar-refractivity contribution in [2.45, 2.75) is 57.7 Å². The van der Waals surface area contributed by atoms with Crippen LogP contribution in [0.1, 0.15) is 40.0 Å². The predicted octanol–water partition coefficient (Wildman–Crippen LogP) is -0.335. The lowest BCUT2D eigenvalue weighted by Gasteiger charge is -2.35. The molecule has 2 atom stereocenters. The third-order valence-corrected chi connectivity index (χ3v) is 4.40. The lowest BCUT2D eigenvalue weighted by atomic mass is 9.97. The van der Waals surface area contributed by atoms with Crippen molar-refractivity contribution in [2.75, 3.05) is 47.9 Å². The van der Waals surface area contributed by atoms with Gasteiger partial charge in [-0.15, -0.1) is 0 Å². The van der Waals surface area contributed by atoms with E-state index in [2.05, 4.69) is 0 Å². The number of nitrogens with zero attached hydrogens (tertiary/aromatic N) is 3. The van der Waals surface area contributed by atoms with Gasteiger partial charge < -0.3 is 30.3 Å². The molecule has 0 aromatic heterocycles. The summed E-state index contributed by atoms with van der Waals surface area (Å²) in [7, 11) is 6.82. The molecule has 0 spiro atoms. The van der Waals surface area contributed by atoms with Gasteiger partial charge in [-0.2, -0.15) is 0 Å². The van der Waals surface area contributed by atoms with Crippen molar-refractivity contribution in [3.05, 3.63) is 0 Å². The van der Waals surface area contributed by atoms with E-state index in [9.17, 15) is 19.5 Å². The summed E-state index contributed by atoms with van der Waals surface area (Å²) in [5.41, 5.74) is 4.28. The monoisotopic (exact) mass is 402 g/mol. The average molecular weight is 403 g/mol. The minimum atomic E-state index is -1.18. The lowest BCUT2D eigenvalue weighted by Crippen LogP contribution is -2.56. The lowest BCUT2D eigenvalue weighted by molar-refractivity contribution is -0.150. The van der Waals surface area contributed by atoms with E-state index >= 15 is 0 Å². The molecule has 0 bridgehead atoms. The number of likely N-dealkylation sites (N-methyl/N-ethyl adjacent to an activating group) is 3. The highest BCUT2D eigenvalue weighted by Crippen LogP contribution is 2.17. The molecule has 0 aliphatic carbocycles. The van der Waals surface area contributed by atoms with Crippen LogP contribution in [0.25, 0.3) is 0 Å². The number of hydrogen-bond acceptors (Lipinski definition) is 6. The van der Waals surface area contributed by atoms with E-state index in [0.717, 1.165) is 0 Å². The van der Waals surface area contributed by atoms with Crippen LogP contribution in [0, 0.1) is 0 Å². The Kier molecular flexibility index (Phi) is 11.2. The summed E-state index contributed by atoms with van der Waals surface area (Å²) < 4.78 is 5.62. The third kappa shape index (κ3) is 9.48. The van der Waals surface area contributed by atoms with Gasteiger partial charge in [0.2, 0.25) is 17.7 Å². The zero-order chi connectivity index (χ0) is 22.1. The summed E-state index contributed by atoms with van der Waals surface area (Å²) in [6.07, 6.45) is 0.958. The Morgan fingerprint density at radius 3 is 2.07 bits per heavy atom. The van der Waals surface area contributed by atoms with E-state index in [-0.39, 0.29) is 18.9 Å². The van der Waals surface area contributed by atoms with E-state index in [4.69, 9.17) is 10.5 Å². The maximum Gasteiger partial charge on any atom is 0.248 e. The molecular formula is C19H38N4O5. The fraction of sp³-hybridized carbons (Fsp3) is 0.842. The van der Waals surface area contributed by atoms with Gasteiger partial charge in [0, 0.05) is 33.5 Å². The van der Waals surface area contributed by atoms with Crippen LogP contribution in [0.5, 0.6) is 0 Å². The Hall–Kier alpha value is -1.71. The first kappa shape index (κ1) is 26.3. The molecule has 3 amide bonds. The van der Waals surface area contributed by atoms with Crippen molar-refractivity contribution in [1.82, 2.24) is 14.7 Å². The first-order valence-corrected chi connectivity index (χ1v) is 9.58. The van der Waals surface area contributed by atoms with Gasteiger partial charge in [0.05, 0.1) is 18.8 Å². The number of carbonyl (C=O) groups is 3. The summed E-state index contributed by atoms with van der Waals surface area (Å²) in [5.74, 6) is -1.35. The molecule has 28 heavy (non-hydrogen) atoms. The number of ether oxygens (including phenoxy) is 1. The van der Waals surface area contributed by atoms with E-state index in [1.807, 2.05) is 25.9 Å². The van der Waals surface area contributed by atoms with Crippen LogP contribution >= 0.6 is 0 Å². The van der Waals surface area contributed by atoms with E-state index in [1.165, 1.54) is 16.8 Å². The van der Waals surface area contributed by atoms with Crippen molar-refractivity contribution in [1.29, 1.82) is 0 Å². The van der Waals surface area contributed by atoms with Gasteiger partial charge in [0.25, 0.3) is 0 Å². The largest absolute Gasteiger partial charge is 0.390 e. The highest BCUT2D eigenvalue weighted by Gasteiger charge is 2.36. The standard InChI is InChI=1S/C19H38N4O5/c1-8-9-16(24)22(6)15(13-28-11-10-21(4)5)18(26)23(7)14(17(20)25)12-19(2,3)27/h14-15,27H,8-13H2,1-7H3,(H2,20,25)/t14-,15+/m0/s1. The first-order valence-electron chi connectivity index (χ1n) is 9.58. The van der Waals surface area contributed by atoms with Crippen molar-refractivity contribution in [2.24, 2.45) is 5.73 Å². The van der Waals surface area contributed by atoms with Gasteiger partial charge in [-0.25, -0.2) is 0 Å². The fourth-order valence-corrected chi connectivity index (χ4v) is 2.65. The Balaban J connectivity index is 5.43. The average Bonchev–Trinajstić information content (AvgIpc) is 2.57. The molecule has 0 aliphatic heterocycles. The molecule has 0 rings (SSSR count). The number of rotatable bonds is 13. The second-order valence-corrected chi connectivity index (χ2v) is 8.03. The van der Waals surface area contributed by atoms with E-state index < -0.39 is 29.5 Å². The topological polar surface area (TPSA) is 116 Å². The summed E-state index contributed by atoms with van der Waals surface area (Å²) in [5, 5.41) is 10.1. The molecule has 0 unspecified atom stereocenters. The van der Waals surface area contributed by atoms with Gasteiger partial charge >= 0.3 is 0 Å². The molecule has 0 radical (unpaired) electrons. The van der Waals surface area contributed by atoms with Crippen molar-refractivity contribution in [3.8, 4) is 0 Å². The zero-order valence-electron chi connectivity index (χ0n) is 18.4. The highest BCUT2D eigenvalue weighted by molar-refractivity contribution is 5.91. The summed E-state index contributed by atoms with van der Waals surface area (Å²) >= 11 is 0. The Labute approximate surface area is 168 Å². The van der Waals surface area contributed by atoms with Crippen LogP contribution in [0.15, 0.2) is 0 Å². The number of amides is 3. The maximum absolute atomic E-state index is 13.1. The molecule has 0 aromatic carbocycles. The second kappa shape index (κ2) is 12.0. The van der Waals surface area contributed by atoms with Crippen LogP contribution in [-0.4, -0.2) is 103 Å². The molecule has 9 heteroatoms. The number of primary amides is 1. The Morgan fingerprint density at radius 1 is 1.07 bits per heavy atom. The molecular weight excluding hydrogens is 364 g/mol. The van der Waals surface area contributed by atoms with Gasteiger partial charge in [-0.05, 0) is 34.4 Å².